The number of aromatic nitrogens is 2. The first-order valence-electron chi connectivity index (χ1n) is 6.83. The third-order valence-corrected chi connectivity index (χ3v) is 3.86. The third-order valence-electron chi connectivity index (χ3n) is 3.86. The van der Waals surface area contributed by atoms with Gasteiger partial charge in [0.15, 0.2) is 0 Å². The van der Waals surface area contributed by atoms with Gasteiger partial charge in [0.05, 0.1) is 17.8 Å². The second-order valence-electron chi connectivity index (χ2n) is 5.21. The Labute approximate surface area is 120 Å². The zero-order valence-corrected chi connectivity index (χ0v) is 11.6. The first kappa shape index (κ1) is 13.7. The Kier molecular flexibility index (Phi) is 3.45. The zero-order chi connectivity index (χ0) is 15.0. The van der Waals surface area contributed by atoms with Crippen molar-refractivity contribution in [2.75, 3.05) is 0 Å². The van der Waals surface area contributed by atoms with Crippen molar-refractivity contribution in [2.24, 2.45) is 7.05 Å². The fourth-order valence-electron chi connectivity index (χ4n) is 2.77. The van der Waals surface area contributed by atoms with Gasteiger partial charge < -0.3 is 5.32 Å². The Morgan fingerprint density at radius 2 is 2.24 bits per heavy atom. The Morgan fingerprint density at radius 3 is 3.00 bits per heavy atom. The number of carbonyl (C=O) groups is 1. The Bertz CT molecular complexity index is 696. The monoisotopic (exact) mass is 291 g/mol. The standard InChI is InChI=1S/C15H15F2N3O/c1-20-14-4-2-3-13(11(14)8-18-20)19-15(21)10-6-5-9(16)7-12(10)17/h5-8,13H,2-4H2,1H3,(H,19,21)/t13-/m1/s1. The summed E-state index contributed by atoms with van der Waals surface area (Å²) in [5, 5.41) is 7.01. The van der Waals surface area contributed by atoms with Crippen LogP contribution in [0.25, 0.3) is 0 Å². The molecule has 1 amide bonds. The van der Waals surface area contributed by atoms with Crippen LogP contribution in [0, 0.1) is 11.6 Å². The van der Waals surface area contributed by atoms with Gasteiger partial charge in [0, 0.05) is 24.4 Å². The number of carbonyl (C=O) groups excluding carboxylic acids is 1. The van der Waals surface area contributed by atoms with Gasteiger partial charge in [-0.15, -0.1) is 0 Å². The van der Waals surface area contributed by atoms with Crippen LogP contribution < -0.4 is 5.32 Å². The first-order valence-corrected chi connectivity index (χ1v) is 6.83. The predicted octanol–water partition coefficient (Wildman–Crippen LogP) is 2.51. The largest absolute Gasteiger partial charge is 0.345 e. The molecule has 110 valence electrons. The quantitative estimate of drug-likeness (QED) is 0.924. The van der Waals surface area contributed by atoms with Crippen LogP contribution in [0.1, 0.15) is 40.5 Å². The maximum Gasteiger partial charge on any atom is 0.254 e. The average Bonchev–Trinajstić information content (AvgIpc) is 2.81. The minimum absolute atomic E-state index is 0.146. The van der Waals surface area contributed by atoms with Gasteiger partial charge in [0.1, 0.15) is 11.6 Å². The average molecular weight is 291 g/mol. The van der Waals surface area contributed by atoms with E-state index in [1.165, 1.54) is 0 Å². The van der Waals surface area contributed by atoms with Gasteiger partial charge in [0.2, 0.25) is 0 Å². The van der Waals surface area contributed by atoms with E-state index >= 15 is 0 Å². The van der Waals surface area contributed by atoms with Crippen molar-refractivity contribution >= 4 is 5.91 Å². The van der Waals surface area contributed by atoms with E-state index in [1.54, 1.807) is 10.9 Å². The van der Waals surface area contributed by atoms with Gasteiger partial charge in [-0.2, -0.15) is 5.10 Å². The number of hydrogen-bond acceptors (Lipinski definition) is 2. The van der Waals surface area contributed by atoms with Crippen LogP contribution in [0.2, 0.25) is 0 Å². The van der Waals surface area contributed by atoms with E-state index in [-0.39, 0.29) is 11.6 Å². The summed E-state index contributed by atoms with van der Waals surface area (Å²) in [6.45, 7) is 0. The van der Waals surface area contributed by atoms with Gasteiger partial charge in [-0.3, -0.25) is 9.48 Å². The van der Waals surface area contributed by atoms with E-state index in [4.69, 9.17) is 0 Å². The molecule has 6 heteroatoms. The molecule has 2 aromatic rings. The molecular formula is C15H15F2N3O. The van der Waals surface area contributed by atoms with Gasteiger partial charge >= 0.3 is 0 Å². The molecule has 0 saturated heterocycles. The summed E-state index contributed by atoms with van der Waals surface area (Å²) in [6.07, 6.45) is 4.38. The molecule has 21 heavy (non-hydrogen) atoms. The van der Waals surface area contributed by atoms with Crippen LogP contribution in [-0.2, 0) is 13.5 Å². The Balaban J connectivity index is 1.82. The maximum atomic E-state index is 13.6. The van der Waals surface area contributed by atoms with Crippen molar-refractivity contribution < 1.29 is 13.6 Å². The Hall–Kier alpha value is -2.24. The van der Waals surface area contributed by atoms with Crippen LogP contribution >= 0.6 is 0 Å². The summed E-state index contributed by atoms with van der Waals surface area (Å²) in [5.74, 6) is -2.08. The summed E-state index contributed by atoms with van der Waals surface area (Å²) in [7, 11) is 1.86. The molecule has 0 aliphatic heterocycles. The molecule has 1 atom stereocenters. The van der Waals surface area contributed by atoms with E-state index in [0.717, 1.165) is 42.7 Å². The van der Waals surface area contributed by atoms with Crippen molar-refractivity contribution in [3.63, 3.8) is 0 Å². The molecule has 0 radical (unpaired) electrons. The van der Waals surface area contributed by atoms with E-state index in [9.17, 15) is 13.6 Å². The van der Waals surface area contributed by atoms with Crippen molar-refractivity contribution in [1.82, 2.24) is 15.1 Å². The maximum absolute atomic E-state index is 13.6. The normalized spacial score (nSPS) is 17.4. The second-order valence-corrected chi connectivity index (χ2v) is 5.21. The molecule has 0 fully saturated rings. The molecular weight excluding hydrogens is 276 g/mol. The van der Waals surface area contributed by atoms with E-state index in [0.29, 0.717) is 6.07 Å². The number of benzene rings is 1. The molecule has 1 aromatic carbocycles. The molecule has 0 saturated carbocycles. The molecule has 1 N–H and O–H groups in total. The molecule has 0 bridgehead atoms. The van der Waals surface area contributed by atoms with Gasteiger partial charge in [-0.25, -0.2) is 8.78 Å². The highest BCUT2D eigenvalue weighted by Crippen LogP contribution is 2.29. The number of amides is 1. The van der Waals surface area contributed by atoms with E-state index in [2.05, 4.69) is 10.4 Å². The summed E-state index contributed by atoms with van der Waals surface area (Å²) >= 11 is 0. The number of nitrogens with zero attached hydrogens (tertiary/aromatic N) is 2. The van der Waals surface area contributed by atoms with Crippen LogP contribution in [0.15, 0.2) is 24.4 Å². The highest BCUT2D eigenvalue weighted by Gasteiger charge is 2.25. The number of halogens is 2. The van der Waals surface area contributed by atoms with Gasteiger partial charge in [-0.05, 0) is 31.4 Å². The lowest BCUT2D eigenvalue weighted by Gasteiger charge is -2.23. The van der Waals surface area contributed by atoms with Gasteiger partial charge in [-0.1, -0.05) is 0 Å². The van der Waals surface area contributed by atoms with Crippen molar-refractivity contribution in [3.8, 4) is 0 Å². The number of rotatable bonds is 2. The van der Waals surface area contributed by atoms with Crippen molar-refractivity contribution in [1.29, 1.82) is 0 Å². The van der Waals surface area contributed by atoms with Gasteiger partial charge in [0.25, 0.3) is 5.91 Å². The number of hydrogen-bond donors (Lipinski definition) is 1. The molecule has 0 unspecified atom stereocenters. The van der Waals surface area contributed by atoms with Crippen LogP contribution in [0.5, 0.6) is 0 Å². The van der Waals surface area contributed by atoms with Crippen LogP contribution in [0.4, 0.5) is 8.78 Å². The third kappa shape index (κ3) is 2.53. The van der Waals surface area contributed by atoms with E-state index < -0.39 is 17.5 Å². The lowest BCUT2D eigenvalue weighted by Crippen LogP contribution is -2.31. The van der Waals surface area contributed by atoms with E-state index in [1.807, 2.05) is 7.05 Å². The molecule has 1 aliphatic rings. The smallest absolute Gasteiger partial charge is 0.254 e. The molecule has 1 aromatic heterocycles. The molecule has 3 rings (SSSR count). The summed E-state index contributed by atoms with van der Waals surface area (Å²) < 4.78 is 28.3. The molecule has 1 heterocycles. The number of fused-ring (bicyclic) bond motifs is 1. The first-order chi connectivity index (χ1) is 10.1. The van der Waals surface area contributed by atoms with Crippen molar-refractivity contribution in [3.05, 3.63) is 52.9 Å². The fraction of sp³-hybridized carbons (Fsp3) is 0.333. The lowest BCUT2D eigenvalue weighted by molar-refractivity contribution is 0.0928. The topological polar surface area (TPSA) is 46.9 Å². The van der Waals surface area contributed by atoms with Crippen LogP contribution in [0.3, 0.4) is 0 Å². The van der Waals surface area contributed by atoms with Crippen molar-refractivity contribution in [2.45, 2.75) is 25.3 Å². The summed E-state index contributed by atoms with van der Waals surface area (Å²) in [6, 6.07) is 2.77. The second kappa shape index (κ2) is 5.27. The highest BCUT2D eigenvalue weighted by molar-refractivity contribution is 5.94. The molecule has 1 aliphatic carbocycles. The molecule has 0 spiro atoms. The summed E-state index contributed by atoms with van der Waals surface area (Å²) in [4.78, 5) is 12.2. The SMILES string of the molecule is Cn1ncc2c1CCC[C@H]2NC(=O)c1ccc(F)cc1F. The van der Waals surface area contributed by atoms with Crippen LogP contribution in [-0.4, -0.2) is 15.7 Å². The Morgan fingerprint density at radius 1 is 1.43 bits per heavy atom. The lowest BCUT2D eigenvalue weighted by atomic mass is 9.92. The zero-order valence-electron chi connectivity index (χ0n) is 11.6. The minimum Gasteiger partial charge on any atom is -0.345 e. The summed E-state index contributed by atoms with van der Waals surface area (Å²) in [5.41, 5.74) is 1.91. The highest BCUT2D eigenvalue weighted by atomic mass is 19.1. The number of nitrogens with one attached hydrogen (secondary N) is 1. The fourth-order valence-corrected chi connectivity index (χ4v) is 2.77. The predicted molar refractivity (Wildman–Crippen MR) is 72.7 cm³/mol. The molecule has 4 nitrogen and oxygen atoms in total. The number of aryl methyl sites for hydroxylation is 1. The minimum atomic E-state index is -0.852.